The van der Waals surface area contributed by atoms with Crippen LogP contribution in [0.2, 0.25) is 0 Å². The van der Waals surface area contributed by atoms with Crippen molar-refractivity contribution in [2.24, 2.45) is 15.8 Å². The highest BCUT2D eigenvalue weighted by atomic mass is 16.4. The molecule has 0 saturated heterocycles. The number of nitrogens with zero attached hydrogens (tertiary/aromatic N) is 1. The van der Waals surface area contributed by atoms with Gasteiger partial charge in [-0.1, -0.05) is 58.1 Å². The van der Waals surface area contributed by atoms with Gasteiger partial charge in [0.2, 0.25) is 5.88 Å². The van der Waals surface area contributed by atoms with Gasteiger partial charge in [-0.3, -0.25) is 0 Å². The van der Waals surface area contributed by atoms with Crippen molar-refractivity contribution in [3.8, 4) is 0 Å². The van der Waals surface area contributed by atoms with Gasteiger partial charge in [-0.25, -0.2) is 4.99 Å². The molecule has 1 aromatic rings. The van der Waals surface area contributed by atoms with Gasteiger partial charge in [0.05, 0.1) is 0 Å². The van der Waals surface area contributed by atoms with Crippen LogP contribution in [-0.4, -0.2) is 6.21 Å². The number of aliphatic imine (C=N–C) groups is 1. The molecule has 0 bridgehead atoms. The zero-order valence-electron chi connectivity index (χ0n) is 11.9. The molecule has 0 spiro atoms. The fourth-order valence-electron chi connectivity index (χ4n) is 2.22. The third-order valence-corrected chi connectivity index (χ3v) is 3.53. The average molecular weight is 253 g/mol. The Bertz CT molecular complexity index is 582. The maximum absolute atomic E-state index is 5.89. The molecule has 2 heterocycles. The minimum absolute atomic E-state index is 0.0298. The Balaban J connectivity index is 2.15. The quantitative estimate of drug-likeness (QED) is 0.631. The number of furan rings is 1. The van der Waals surface area contributed by atoms with Gasteiger partial charge in [0.15, 0.2) is 0 Å². The normalized spacial score (nSPS) is 21.7. The van der Waals surface area contributed by atoms with Crippen LogP contribution in [0.1, 0.15) is 44.6 Å². The number of rotatable bonds is 0. The molecule has 0 fully saturated rings. The molecule has 3 rings (SSSR count). The third-order valence-electron chi connectivity index (χ3n) is 3.53. The highest BCUT2D eigenvalue weighted by molar-refractivity contribution is 5.84. The van der Waals surface area contributed by atoms with E-state index < -0.39 is 0 Å². The molecule has 2 heteroatoms. The van der Waals surface area contributed by atoms with Gasteiger partial charge in [0.25, 0.3) is 0 Å². The molecule has 0 unspecified atom stereocenters. The van der Waals surface area contributed by atoms with Crippen LogP contribution in [0.25, 0.3) is 18.2 Å². The average Bonchev–Trinajstić information content (AvgIpc) is 2.49. The second-order valence-corrected chi connectivity index (χ2v) is 6.50. The van der Waals surface area contributed by atoms with E-state index in [4.69, 9.17) is 4.42 Å². The van der Waals surface area contributed by atoms with E-state index >= 15 is 0 Å². The molecule has 0 atom stereocenters. The fraction of sp³-hybridized carbons (Fsp3) is 0.353. The zero-order valence-corrected chi connectivity index (χ0v) is 11.9. The Hall–Kier alpha value is -1.83. The van der Waals surface area contributed by atoms with Crippen LogP contribution in [0.15, 0.2) is 27.6 Å². The number of allylic oxidation sites excluding steroid dienone is 3. The van der Waals surface area contributed by atoms with Crippen molar-refractivity contribution >= 4 is 30.3 Å². The topological polar surface area (TPSA) is 25.5 Å². The Morgan fingerprint density at radius 3 is 2.26 bits per heavy atom. The molecule has 19 heavy (non-hydrogen) atoms. The highest BCUT2D eigenvalue weighted by Crippen LogP contribution is 2.39. The second-order valence-electron chi connectivity index (χ2n) is 6.50. The first kappa shape index (κ1) is 12.2. The van der Waals surface area contributed by atoms with Gasteiger partial charge in [-0.2, -0.15) is 0 Å². The van der Waals surface area contributed by atoms with Crippen LogP contribution in [-0.2, 0) is 0 Å². The van der Waals surface area contributed by atoms with E-state index in [1.54, 1.807) is 0 Å². The van der Waals surface area contributed by atoms with E-state index in [1.807, 2.05) is 6.21 Å². The summed E-state index contributed by atoms with van der Waals surface area (Å²) >= 11 is 0. The minimum atomic E-state index is -0.0298. The lowest BCUT2D eigenvalue weighted by Crippen LogP contribution is -2.07. The Morgan fingerprint density at radius 2 is 1.47 bits per heavy atom. The van der Waals surface area contributed by atoms with E-state index in [9.17, 15) is 0 Å². The van der Waals surface area contributed by atoms with Crippen molar-refractivity contribution in [1.82, 2.24) is 0 Å². The number of hydrogen-bond donors (Lipinski definition) is 0. The predicted molar refractivity (Wildman–Crippen MR) is 81.5 cm³/mol. The van der Waals surface area contributed by atoms with Crippen LogP contribution in [0.4, 0.5) is 5.88 Å². The molecule has 2 aliphatic rings. The first-order valence-electron chi connectivity index (χ1n) is 6.66. The predicted octanol–water partition coefficient (Wildman–Crippen LogP) is 5.10. The van der Waals surface area contributed by atoms with Crippen molar-refractivity contribution in [2.75, 3.05) is 0 Å². The molecule has 0 aromatic carbocycles. The largest absolute Gasteiger partial charge is 0.438 e. The lowest BCUT2D eigenvalue weighted by Gasteiger charge is -2.12. The number of fused-ring (bicyclic) bond motifs is 3. The first-order valence-corrected chi connectivity index (χ1v) is 6.66. The summed E-state index contributed by atoms with van der Waals surface area (Å²) in [4.78, 5) is 4.49. The molecule has 0 saturated carbocycles. The summed E-state index contributed by atoms with van der Waals surface area (Å²) in [5.41, 5.74) is 2.24. The zero-order chi connectivity index (χ0) is 13.7. The molecule has 98 valence electrons. The second kappa shape index (κ2) is 3.83. The fourth-order valence-corrected chi connectivity index (χ4v) is 2.22. The van der Waals surface area contributed by atoms with Crippen molar-refractivity contribution in [1.29, 1.82) is 0 Å². The maximum Gasteiger partial charge on any atom is 0.226 e. The van der Waals surface area contributed by atoms with Gasteiger partial charge < -0.3 is 4.42 Å². The maximum atomic E-state index is 5.89. The van der Waals surface area contributed by atoms with Crippen LogP contribution in [0.5, 0.6) is 0 Å². The Morgan fingerprint density at radius 1 is 0.842 bits per heavy atom. The van der Waals surface area contributed by atoms with E-state index in [-0.39, 0.29) is 10.8 Å². The van der Waals surface area contributed by atoms with Gasteiger partial charge in [0, 0.05) is 28.2 Å². The summed E-state index contributed by atoms with van der Waals surface area (Å²) < 4.78 is 5.89. The summed E-state index contributed by atoms with van der Waals surface area (Å²) in [5, 5.41) is 0. The van der Waals surface area contributed by atoms with Crippen molar-refractivity contribution in [2.45, 2.75) is 27.7 Å². The van der Waals surface area contributed by atoms with Crippen molar-refractivity contribution < 1.29 is 4.42 Å². The number of hydrogen-bond acceptors (Lipinski definition) is 2. The van der Waals surface area contributed by atoms with E-state index in [0.29, 0.717) is 5.88 Å². The molecule has 0 radical (unpaired) electrons. The monoisotopic (exact) mass is 253 g/mol. The summed E-state index contributed by atoms with van der Waals surface area (Å²) in [6.07, 6.45) is 14.8. The van der Waals surface area contributed by atoms with E-state index in [1.165, 1.54) is 0 Å². The van der Waals surface area contributed by atoms with Crippen molar-refractivity contribution in [3.63, 3.8) is 0 Å². The van der Waals surface area contributed by atoms with E-state index in [0.717, 1.165) is 16.9 Å². The smallest absolute Gasteiger partial charge is 0.226 e. The van der Waals surface area contributed by atoms with Gasteiger partial charge in [-0.15, -0.1) is 0 Å². The molecular formula is C17H19NO. The highest BCUT2D eigenvalue weighted by Gasteiger charge is 2.22. The van der Waals surface area contributed by atoms with Crippen LogP contribution >= 0.6 is 0 Å². The summed E-state index contributed by atoms with van der Waals surface area (Å²) in [5.74, 6) is 1.61. The summed E-state index contributed by atoms with van der Waals surface area (Å²) in [6.45, 7) is 8.64. The standard InChI is InChI=1S/C17H19NO/c1-16(2)8-5-12-13-6-9-17(3,4)11-18-15(13)19-14(12)7-10-16/h5-11H,1-4H3. The molecule has 0 N–H and O–H groups in total. The van der Waals surface area contributed by atoms with Gasteiger partial charge in [0.1, 0.15) is 5.76 Å². The molecule has 1 aliphatic heterocycles. The molecule has 1 aliphatic carbocycles. The molecular weight excluding hydrogens is 234 g/mol. The lowest BCUT2D eigenvalue weighted by molar-refractivity contribution is 0.564. The Labute approximate surface area is 114 Å². The van der Waals surface area contributed by atoms with Gasteiger partial charge in [-0.05, 0) is 6.08 Å². The summed E-state index contributed by atoms with van der Waals surface area (Å²) in [7, 11) is 0. The first-order chi connectivity index (χ1) is 8.86. The van der Waals surface area contributed by atoms with Crippen molar-refractivity contribution in [3.05, 3.63) is 35.1 Å². The lowest BCUT2D eigenvalue weighted by atomic mass is 9.93. The SMILES string of the molecule is CC1(C)C=Cc2oc3c(c2C=C1)C=CC(C)(C)C=N3. The summed E-state index contributed by atoms with van der Waals surface area (Å²) in [6, 6.07) is 0. The third kappa shape index (κ3) is 2.23. The minimum Gasteiger partial charge on any atom is -0.438 e. The Kier molecular flexibility index (Phi) is 2.46. The van der Waals surface area contributed by atoms with Crippen LogP contribution in [0.3, 0.4) is 0 Å². The molecule has 1 aromatic heterocycles. The van der Waals surface area contributed by atoms with Crippen LogP contribution in [0, 0.1) is 10.8 Å². The van der Waals surface area contributed by atoms with E-state index in [2.05, 4.69) is 69.1 Å². The van der Waals surface area contributed by atoms with Gasteiger partial charge >= 0.3 is 0 Å². The molecule has 0 amide bonds. The molecule has 2 nitrogen and oxygen atoms in total. The van der Waals surface area contributed by atoms with Crippen LogP contribution < -0.4 is 0 Å².